The molecule has 1 aromatic heterocycles. The number of nitrogens with zero attached hydrogens (tertiary/aromatic N) is 1. The van der Waals surface area contributed by atoms with Crippen LogP contribution in [0, 0.1) is 13.8 Å². The highest BCUT2D eigenvalue weighted by molar-refractivity contribution is 7.16. The number of ether oxygens (including phenoxy) is 1. The van der Waals surface area contributed by atoms with Crippen LogP contribution in [-0.4, -0.2) is 47.3 Å². The highest BCUT2D eigenvalue weighted by Crippen LogP contribution is 2.32. The molecule has 2 rings (SSSR count). The third-order valence-electron chi connectivity index (χ3n) is 3.69. The molecule has 2 N–H and O–H groups in total. The molecular weight excluding hydrogens is 292 g/mol. The SMILES string of the molecule is Cc1sc(NC(=O)N2CC(C)OCC2C)c(C(=O)O)c1C. The number of morpholine rings is 1. The van der Waals surface area contributed by atoms with Crippen LogP contribution in [0.3, 0.4) is 0 Å². The van der Waals surface area contributed by atoms with Crippen molar-refractivity contribution in [2.24, 2.45) is 0 Å². The van der Waals surface area contributed by atoms with Gasteiger partial charge in [0.05, 0.1) is 24.3 Å². The summed E-state index contributed by atoms with van der Waals surface area (Å²) in [5, 5.41) is 12.4. The van der Waals surface area contributed by atoms with E-state index in [1.165, 1.54) is 11.3 Å². The Morgan fingerprint density at radius 3 is 2.67 bits per heavy atom. The Balaban J connectivity index is 2.20. The molecule has 21 heavy (non-hydrogen) atoms. The Morgan fingerprint density at radius 2 is 2.05 bits per heavy atom. The summed E-state index contributed by atoms with van der Waals surface area (Å²) < 4.78 is 5.49. The summed E-state index contributed by atoms with van der Waals surface area (Å²) in [4.78, 5) is 26.3. The second-order valence-corrected chi connectivity index (χ2v) is 6.59. The monoisotopic (exact) mass is 312 g/mol. The molecule has 0 aromatic carbocycles. The van der Waals surface area contributed by atoms with E-state index in [0.29, 0.717) is 23.7 Å². The van der Waals surface area contributed by atoms with Crippen LogP contribution >= 0.6 is 11.3 Å². The van der Waals surface area contributed by atoms with Gasteiger partial charge in [0.2, 0.25) is 0 Å². The molecule has 0 radical (unpaired) electrons. The van der Waals surface area contributed by atoms with Gasteiger partial charge in [0.15, 0.2) is 0 Å². The molecule has 2 atom stereocenters. The minimum atomic E-state index is -1.02. The number of hydrogen-bond acceptors (Lipinski definition) is 4. The third-order valence-corrected chi connectivity index (χ3v) is 4.81. The lowest BCUT2D eigenvalue weighted by atomic mass is 10.1. The zero-order valence-electron chi connectivity index (χ0n) is 12.6. The molecule has 116 valence electrons. The van der Waals surface area contributed by atoms with Crippen LogP contribution < -0.4 is 5.32 Å². The van der Waals surface area contributed by atoms with E-state index in [-0.39, 0.29) is 23.7 Å². The van der Waals surface area contributed by atoms with E-state index in [2.05, 4.69) is 5.32 Å². The van der Waals surface area contributed by atoms with Crippen molar-refractivity contribution >= 4 is 28.3 Å². The minimum absolute atomic E-state index is 0.0160. The molecule has 7 heteroatoms. The number of carbonyl (C=O) groups is 2. The van der Waals surface area contributed by atoms with E-state index in [0.717, 1.165) is 4.88 Å². The molecule has 0 saturated carbocycles. The van der Waals surface area contributed by atoms with Crippen LogP contribution in [0.5, 0.6) is 0 Å². The Morgan fingerprint density at radius 1 is 1.38 bits per heavy atom. The van der Waals surface area contributed by atoms with Gasteiger partial charge >= 0.3 is 12.0 Å². The van der Waals surface area contributed by atoms with Gasteiger partial charge < -0.3 is 14.7 Å². The topological polar surface area (TPSA) is 78.9 Å². The normalized spacial score (nSPS) is 22.2. The standard InChI is InChI=1S/C14H20N2O4S/c1-7-6-20-8(2)5-16(7)14(19)15-12-11(13(17)18)9(3)10(4)21-12/h7-8H,5-6H2,1-4H3,(H,15,19)(H,17,18). The van der Waals surface area contributed by atoms with E-state index >= 15 is 0 Å². The number of hydrogen-bond donors (Lipinski definition) is 2. The predicted molar refractivity (Wildman–Crippen MR) is 81.4 cm³/mol. The summed E-state index contributed by atoms with van der Waals surface area (Å²) in [5.41, 5.74) is 0.881. The number of amides is 2. The van der Waals surface area contributed by atoms with Gasteiger partial charge in [0.25, 0.3) is 0 Å². The first-order chi connectivity index (χ1) is 9.81. The fourth-order valence-electron chi connectivity index (χ4n) is 2.33. The van der Waals surface area contributed by atoms with E-state index < -0.39 is 5.97 Å². The maximum absolute atomic E-state index is 12.4. The molecule has 1 aromatic rings. The number of urea groups is 1. The Kier molecular flexibility index (Phi) is 4.53. The van der Waals surface area contributed by atoms with Crippen molar-refractivity contribution < 1.29 is 19.4 Å². The van der Waals surface area contributed by atoms with E-state index in [1.807, 2.05) is 20.8 Å². The molecule has 0 aliphatic carbocycles. The second kappa shape index (κ2) is 6.03. The number of thiophene rings is 1. The fraction of sp³-hybridized carbons (Fsp3) is 0.571. The van der Waals surface area contributed by atoms with Crippen LogP contribution in [-0.2, 0) is 4.74 Å². The Hall–Kier alpha value is -1.60. The molecule has 1 aliphatic heterocycles. The number of carbonyl (C=O) groups excluding carboxylic acids is 1. The lowest BCUT2D eigenvalue weighted by molar-refractivity contribution is -0.0296. The summed E-state index contributed by atoms with van der Waals surface area (Å²) in [6.07, 6.45) is -0.0160. The Labute approximate surface area is 127 Å². The lowest BCUT2D eigenvalue weighted by Gasteiger charge is -2.36. The Bertz CT molecular complexity index is 570. The molecule has 2 unspecified atom stereocenters. The number of anilines is 1. The first-order valence-corrected chi connectivity index (χ1v) is 7.65. The van der Waals surface area contributed by atoms with Gasteiger partial charge in [-0.2, -0.15) is 0 Å². The van der Waals surface area contributed by atoms with E-state index in [1.54, 1.807) is 11.8 Å². The van der Waals surface area contributed by atoms with Crippen LogP contribution in [0.15, 0.2) is 0 Å². The average molecular weight is 312 g/mol. The second-order valence-electron chi connectivity index (χ2n) is 5.37. The van der Waals surface area contributed by atoms with E-state index in [4.69, 9.17) is 4.74 Å². The van der Waals surface area contributed by atoms with Crippen molar-refractivity contribution in [2.45, 2.75) is 39.8 Å². The van der Waals surface area contributed by atoms with Gasteiger partial charge in [0, 0.05) is 11.4 Å². The summed E-state index contributed by atoms with van der Waals surface area (Å²) >= 11 is 1.29. The summed E-state index contributed by atoms with van der Waals surface area (Å²) in [6.45, 7) is 8.41. The van der Waals surface area contributed by atoms with Crippen LogP contribution in [0.4, 0.5) is 9.80 Å². The van der Waals surface area contributed by atoms with Crippen LogP contribution in [0.2, 0.25) is 0 Å². The summed E-state index contributed by atoms with van der Waals surface area (Å²) in [7, 11) is 0. The molecule has 1 saturated heterocycles. The average Bonchev–Trinajstić information content (AvgIpc) is 2.67. The molecule has 2 amide bonds. The molecular formula is C14H20N2O4S. The van der Waals surface area contributed by atoms with Gasteiger partial charge in [-0.1, -0.05) is 0 Å². The quantitative estimate of drug-likeness (QED) is 0.880. The van der Waals surface area contributed by atoms with Crippen molar-refractivity contribution in [1.82, 2.24) is 4.90 Å². The largest absolute Gasteiger partial charge is 0.478 e. The van der Waals surface area contributed by atoms with Crippen LogP contribution in [0.25, 0.3) is 0 Å². The van der Waals surface area contributed by atoms with Gasteiger partial charge in [-0.15, -0.1) is 11.3 Å². The number of aromatic carboxylic acids is 1. The number of rotatable bonds is 2. The molecule has 1 fully saturated rings. The van der Waals surface area contributed by atoms with Gasteiger partial charge in [0.1, 0.15) is 5.00 Å². The first kappa shape index (κ1) is 15.8. The lowest BCUT2D eigenvalue weighted by Crippen LogP contribution is -2.51. The highest BCUT2D eigenvalue weighted by atomic mass is 32.1. The third kappa shape index (κ3) is 3.19. The zero-order chi connectivity index (χ0) is 15.7. The number of carboxylic acids is 1. The highest BCUT2D eigenvalue weighted by Gasteiger charge is 2.29. The fourth-order valence-corrected chi connectivity index (χ4v) is 3.37. The van der Waals surface area contributed by atoms with Crippen molar-refractivity contribution in [3.8, 4) is 0 Å². The first-order valence-electron chi connectivity index (χ1n) is 6.83. The number of aryl methyl sites for hydroxylation is 1. The summed E-state index contributed by atoms with van der Waals surface area (Å²) in [5.74, 6) is -1.02. The molecule has 6 nitrogen and oxygen atoms in total. The van der Waals surface area contributed by atoms with E-state index in [9.17, 15) is 14.7 Å². The zero-order valence-corrected chi connectivity index (χ0v) is 13.4. The van der Waals surface area contributed by atoms with Gasteiger partial charge in [-0.3, -0.25) is 5.32 Å². The smallest absolute Gasteiger partial charge is 0.338 e. The molecule has 1 aliphatic rings. The van der Waals surface area contributed by atoms with Crippen molar-refractivity contribution in [3.63, 3.8) is 0 Å². The van der Waals surface area contributed by atoms with Gasteiger partial charge in [-0.25, -0.2) is 9.59 Å². The van der Waals surface area contributed by atoms with Gasteiger partial charge in [-0.05, 0) is 33.3 Å². The molecule has 0 spiro atoms. The maximum atomic E-state index is 12.4. The summed E-state index contributed by atoms with van der Waals surface area (Å²) in [6, 6.07) is -0.307. The minimum Gasteiger partial charge on any atom is -0.478 e. The number of nitrogens with one attached hydrogen (secondary N) is 1. The van der Waals surface area contributed by atoms with Crippen molar-refractivity contribution in [1.29, 1.82) is 0 Å². The van der Waals surface area contributed by atoms with Crippen molar-refractivity contribution in [2.75, 3.05) is 18.5 Å². The predicted octanol–water partition coefficient (Wildman–Crippen LogP) is 2.70. The molecule has 0 bridgehead atoms. The molecule has 2 heterocycles. The van der Waals surface area contributed by atoms with Crippen LogP contribution in [0.1, 0.15) is 34.6 Å². The van der Waals surface area contributed by atoms with Crippen molar-refractivity contribution in [3.05, 3.63) is 16.0 Å². The maximum Gasteiger partial charge on any atom is 0.338 e. The number of carboxylic acid groups (broad SMARTS) is 1.